The first-order valence-electron chi connectivity index (χ1n) is 16.4. The van der Waals surface area contributed by atoms with Crippen LogP contribution in [0.15, 0.2) is 180 Å². The zero-order valence-corrected chi connectivity index (χ0v) is 26.1. The highest BCUT2D eigenvalue weighted by atomic mass is 16.3. The van der Waals surface area contributed by atoms with Crippen molar-refractivity contribution in [1.29, 1.82) is 0 Å². The summed E-state index contributed by atoms with van der Waals surface area (Å²) in [7, 11) is 0. The second kappa shape index (κ2) is 10.6. The molecule has 0 aliphatic rings. The first kappa shape index (κ1) is 26.8. The minimum Gasteiger partial charge on any atom is -0.454 e. The van der Waals surface area contributed by atoms with E-state index in [-0.39, 0.29) is 0 Å². The number of benzene rings is 9. The van der Waals surface area contributed by atoms with Gasteiger partial charge in [0.05, 0.1) is 17.1 Å². The molecule has 10 aromatic rings. The van der Waals surface area contributed by atoms with Gasteiger partial charge in [-0.05, 0) is 67.5 Å². The highest BCUT2D eigenvalue weighted by Gasteiger charge is 2.24. The molecule has 0 atom stereocenters. The fourth-order valence-corrected chi connectivity index (χ4v) is 7.69. The van der Waals surface area contributed by atoms with Gasteiger partial charge in [0.1, 0.15) is 5.58 Å². The van der Waals surface area contributed by atoms with Crippen LogP contribution in [0.4, 0.5) is 17.1 Å². The van der Waals surface area contributed by atoms with Crippen molar-refractivity contribution >= 4 is 82.1 Å². The third kappa shape index (κ3) is 4.00. The molecule has 0 fully saturated rings. The van der Waals surface area contributed by atoms with Crippen LogP contribution in [0.3, 0.4) is 0 Å². The molecule has 0 aliphatic carbocycles. The lowest BCUT2D eigenvalue weighted by molar-refractivity contribution is 0.669. The predicted octanol–water partition coefficient (Wildman–Crippen LogP) is 13.3. The van der Waals surface area contributed by atoms with Crippen LogP contribution in [0.25, 0.3) is 76.2 Å². The molecule has 0 unspecified atom stereocenters. The number of fused-ring (bicyclic) bond motifs is 10. The molecule has 0 N–H and O–H groups in total. The monoisotopic (exact) mass is 611 g/mol. The highest BCUT2D eigenvalue weighted by Crippen LogP contribution is 2.48. The lowest BCUT2D eigenvalue weighted by Gasteiger charge is -2.29. The number of hydrogen-bond donors (Lipinski definition) is 0. The van der Waals surface area contributed by atoms with Gasteiger partial charge in [-0.1, -0.05) is 152 Å². The lowest BCUT2D eigenvalue weighted by atomic mass is 9.95. The summed E-state index contributed by atoms with van der Waals surface area (Å²) in [5.41, 5.74) is 7.27. The molecule has 0 saturated heterocycles. The molecule has 10 rings (SSSR count). The molecule has 1 aromatic heterocycles. The van der Waals surface area contributed by atoms with Crippen LogP contribution in [-0.2, 0) is 0 Å². The van der Waals surface area contributed by atoms with Crippen molar-refractivity contribution in [3.05, 3.63) is 176 Å². The maximum Gasteiger partial charge on any atom is 0.159 e. The van der Waals surface area contributed by atoms with Crippen molar-refractivity contribution in [1.82, 2.24) is 0 Å². The number of nitrogens with zero attached hydrogens (tertiary/aromatic N) is 1. The van der Waals surface area contributed by atoms with Crippen LogP contribution in [-0.4, -0.2) is 0 Å². The van der Waals surface area contributed by atoms with Crippen LogP contribution in [0.1, 0.15) is 0 Å². The molecule has 0 bridgehead atoms. The summed E-state index contributed by atoms with van der Waals surface area (Å²) < 4.78 is 6.86. The number of para-hydroxylation sites is 2. The second-order valence-corrected chi connectivity index (χ2v) is 12.5. The summed E-state index contributed by atoms with van der Waals surface area (Å²) >= 11 is 0. The van der Waals surface area contributed by atoms with E-state index in [1.807, 2.05) is 0 Å². The quantitative estimate of drug-likeness (QED) is 0.184. The van der Waals surface area contributed by atoms with Crippen LogP contribution < -0.4 is 4.90 Å². The molecular formula is C46H29NO. The van der Waals surface area contributed by atoms with Gasteiger partial charge >= 0.3 is 0 Å². The molecule has 48 heavy (non-hydrogen) atoms. The highest BCUT2D eigenvalue weighted by molar-refractivity contribution is 6.24. The molecule has 0 spiro atoms. The SMILES string of the molecule is c1ccc(-c2ccccc2N(c2cccc3c2ccc2ccc4ccccc4c23)c2cccc3c2oc2ccc4ccccc4c23)cc1. The first-order valence-corrected chi connectivity index (χ1v) is 16.4. The van der Waals surface area contributed by atoms with Crippen LogP contribution in [0, 0.1) is 0 Å². The van der Waals surface area contributed by atoms with Gasteiger partial charge in [0.15, 0.2) is 5.58 Å². The van der Waals surface area contributed by atoms with E-state index in [2.05, 4.69) is 181 Å². The van der Waals surface area contributed by atoms with Gasteiger partial charge in [-0.3, -0.25) is 0 Å². The Hall–Kier alpha value is -6.38. The largest absolute Gasteiger partial charge is 0.454 e. The van der Waals surface area contributed by atoms with Crippen molar-refractivity contribution in [3.8, 4) is 11.1 Å². The minimum absolute atomic E-state index is 0.870. The Kier molecular flexibility index (Phi) is 5.91. The van der Waals surface area contributed by atoms with E-state index < -0.39 is 0 Å². The average Bonchev–Trinajstić information content (AvgIpc) is 3.55. The normalized spacial score (nSPS) is 11.8. The summed E-state index contributed by atoms with van der Waals surface area (Å²) in [6.45, 7) is 0. The Balaban J connectivity index is 1.33. The van der Waals surface area contributed by atoms with E-state index >= 15 is 0 Å². The summed E-state index contributed by atoms with van der Waals surface area (Å²) in [5, 5.41) is 12.1. The fourth-order valence-electron chi connectivity index (χ4n) is 7.69. The summed E-state index contributed by atoms with van der Waals surface area (Å²) in [6, 6.07) is 63.2. The molecular weight excluding hydrogens is 583 g/mol. The number of hydrogen-bond acceptors (Lipinski definition) is 2. The van der Waals surface area contributed by atoms with E-state index in [1.54, 1.807) is 0 Å². The van der Waals surface area contributed by atoms with Crippen molar-refractivity contribution in [2.45, 2.75) is 0 Å². The van der Waals surface area contributed by atoms with E-state index in [0.29, 0.717) is 0 Å². The van der Waals surface area contributed by atoms with E-state index in [0.717, 1.165) is 50.1 Å². The van der Waals surface area contributed by atoms with Gasteiger partial charge in [0.2, 0.25) is 0 Å². The molecule has 0 amide bonds. The lowest BCUT2D eigenvalue weighted by Crippen LogP contribution is -2.12. The Morgan fingerprint density at radius 1 is 0.333 bits per heavy atom. The number of anilines is 3. The summed E-state index contributed by atoms with van der Waals surface area (Å²) in [6.07, 6.45) is 0. The van der Waals surface area contributed by atoms with Gasteiger partial charge in [0.25, 0.3) is 0 Å². The molecule has 1 heterocycles. The Labute approximate surface area is 277 Å². The van der Waals surface area contributed by atoms with Gasteiger partial charge < -0.3 is 9.32 Å². The maximum absolute atomic E-state index is 6.86. The van der Waals surface area contributed by atoms with Crippen molar-refractivity contribution in [2.24, 2.45) is 0 Å². The molecule has 2 heteroatoms. The number of furan rings is 1. The van der Waals surface area contributed by atoms with Crippen molar-refractivity contribution in [3.63, 3.8) is 0 Å². The van der Waals surface area contributed by atoms with E-state index in [4.69, 9.17) is 4.42 Å². The maximum atomic E-state index is 6.86. The Morgan fingerprint density at radius 3 is 1.75 bits per heavy atom. The molecule has 0 saturated carbocycles. The minimum atomic E-state index is 0.870. The smallest absolute Gasteiger partial charge is 0.159 e. The summed E-state index contributed by atoms with van der Waals surface area (Å²) in [4.78, 5) is 2.41. The molecule has 224 valence electrons. The topological polar surface area (TPSA) is 16.4 Å². The first-order chi connectivity index (χ1) is 23.8. The summed E-state index contributed by atoms with van der Waals surface area (Å²) in [5.74, 6) is 0. The van der Waals surface area contributed by atoms with Gasteiger partial charge in [-0.2, -0.15) is 0 Å². The van der Waals surface area contributed by atoms with E-state index in [9.17, 15) is 0 Å². The van der Waals surface area contributed by atoms with E-state index in [1.165, 1.54) is 43.1 Å². The van der Waals surface area contributed by atoms with Crippen molar-refractivity contribution in [2.75, 3.05) is 4.90 Å². The predicted molar refractivity (Wildman–Crippen MR) is 204 cm³/mol. The molecule has 9 aromatic carbocycles. The van der Waals surface area contributed by atoms with Gasteiger partial charge in [-0.15, -0.1) is 0 Å². The molecule has 0 radical (unpaired) electrons. The van der Waals surface area contributed by atoms with Crippen LogP contribution in [0.5, 0.6) is 0 Å². The average molecular weight is 612 g/mol. The zero-order valence-electron chi connectivity index (χ0n) is 26.1. The third-order valence-electron chi connectivity index (χ3n) is 9.82. The Bertz CT molecular complexity index is 2850. The van der Waals surface area contributed by atoms with Crippen LogP contribution in [0.2, 0.25) is 0 Å². The number of rotatable bonds is 4. The Morgan fingerprint density at radius 2 is 0.917 bits per heavy atom. The second-order valence-electron chi connectivity index (χ2n) is 12.5. The molecule has 0 aliphatic heterocycles. The third-order valence-corrected chi connectivity index (χ3v) is 9.82. The van der Waals surface area contributed by atoms with Crippen molar-refractivity contribution < 1.29 is 4.42 Å². The molecule has 2 nitrogen and oxygen atoms in total. The van der Waals surface area contributed by atoms with Gasteiger partial charge in [0, 0.05) is 21.7 Å². The van der Waals surface area contributed by atoms with Crippen LogP contribution >= 0.6 is 0 Å². The van der Waals surface area contributed by atoms with Gasteiger partial charge in [-0.25, -0.2) is 0 Å². The zero-order chi connectivity index (χ0) is 31.6. The fraction of sp³-hybridized carbons (Fsp3) is 0. The standard InChI is InChI=1S/C46H29NO/c1-2-12-30(13-3-1)34-16-8-9-21-40(34)47(42-23-11-20-39-45-36-18-7-5-15-32(36)27-29-43(45)48-46(39)42)41-22-10-19-38-37(41)28-26-33-25-24-31-14-4-6-17-35(31)44(33)38/h1-29H.